The lowest BCUT2D eigenvalue weighted by Crippen LogP contribution is -2.28. The molecule has 26 heavy (non-hydrogen) atoms. The van der Waals surface area contributed by atoms with E-state index in [0.717, 1.165) is 26.2 Å². The summed E-state index contributed by atoms with van der Waals surface area (Å²) in [6.45, 7) is 4.26. The summed E-state index contributed by atoms with van der Waals surface area (Å²) in [4.78, 5) is 13.4. The number of likely N-dealkylation sites (tertiary alicyclic amines) is 1. The lowest BCUT2D eigenvalue weighted by Gasteiger charge is -2.16. The molecular formula is C22H26N2O2. The van der Waals surface area contributed by atoms with E-state index >= 15 is 0 Å². The highest BCUT2D eigenvalue weighted by atomic mass is 16.4. The maximum atomic E-state index is 10.9. The Morgan fingerprint density at radius 1 is 1.12 bits per heavy atom. The number of carboxylic acid groups (broad SMARTS) is 1. The number of benzene rings is 2. The van der Waals surface area contributed by atoms with E-state index < -0.39 is 5.97 Å². The van der Waals surface area contributed by atoms with Crippen LogP contribution in [0.15, 0.2) is 54.6 Å². The van der Waals surface area contributed by atoms with E-state index in [1.165, 1.54) is 24.0 Å². The van der Waals surface area contributed by atoms with Crippen molar-refractivity contribution >= 4 is 5.97 Å². The Kier molecular flexibility index (Phi) is 5.05. The molecule has 4 heteroatoms. The van der Waals surface area contributed by atoms with Crippen LogP contribution in [0.25, 0.3) is 0 Å². The zero-order valence-electron chi connectivity index (χ0n) is 15.0. The highest BCUT2D eigenvalue weighted by Crippen LogP contribution is 2.40. The lowest BCUT2D eigenvalue weighted by molar-refractivity contribution is 0.0697. The standard InChI is InChI=1S/C22H26N2O2/c25-22(26)19-8-6-16(7-9-19)14-24-11-10-17(15-24)13-23-21-12-20(21)18-4-2-1-3-5-18/h1-9,17,20-21,23H,10-15H2,(H,25,26)/t17-,20?,21-/m1/s1. The molecule has 2 aromatic carbocycles. The second-order valence-electron chi connectivity index (χ2n) is 7.66. The Balaban J connectivity index is 1.20. The molecule has 0 spiro atoms. The summed E-state index contributed by atoms with van der Waals surface area (Å²) in [5.74, 6) is 0.546. The van der Waals surface area contributed by atoms with Crippen molar-refractivity contribution in [3.8, 4) is 0 Å². The van der Waals surface area contributed by atoms with Gasteiger partial charge < -0.3 is 10.4 Å². The van der Waals surface area contributed by atoms with Gasteiger partial charge in [0.15, 0.2) is 0 Å². The fourth-order valence-corrected chi connectivity index (χ4v) is 4.04. The van der Waals surface area contributed by atoms with Crippen LogP contribution in [0.3, 0.4) is 0 Å². The summed E-state index contributed by atoms with van der Waals surface area (Å²) in [6.07, 6.45) is 2.50. The number of rotatable bonds is 7. The topological polar surface area (TPSA) is 52.6 Å². The molecule has 2 aromatic rings. The zero-order chi connectivity index (χ0) is 17.9. The average Bonchev–Trinajstić information content (AvgIpc) is 3.32. The number of hydrogen-bond donors (Lipinski definition) is 2. The molecule has 2 N–H and O–H groups in total. The Labute approximate surface area is 154 Å². The van der Waals surface area contributed by atoms with Gasteiger partial charge in [-0.1, -0.05) is 42.5 Å². The minimum absolute atomic E-state index is 0.356. The van der Waals surface area contributed by atoms with Crippen molar-refractivity contribution in [3.63, 3.8) is 0 Å². The van der Waals surface area contributed by atoms with Crippen molar-refractivity contribution in [2.45, 2.75) is 31.3 Å². The number of nitrogens with one attached hydrogen (secondary N) is 1. The van der Waals surface area contributed by atoms with Crippen LogP contribution < -0.4 is 5.32 Å². The third-order valence-corrected chi connectivity index (χ3v) is 5.66. The first kappa shape index (κ1) is 17.3. The van der Waals surface area contributed by atoms with Crippen LogP contribution in [0.1, 0.15) is 40.2 Å². The van der Waals surface area contributed by atoms with Crippen molar-refractivity contribution < 1.29 is 9.90 Å². The van der Waals surface area contributed by atoms with E-state index in [1.807, 2.05) is 12.1 Å². The number of carbonyl (C=O) groups is 1. The van der Waals surface area contributed by atoms with Crippen molar-refractivity contribution in [1.29, 1.82) is 0 Å². The molecule has 0 bridgehead atoms. The molecule has 1 aliphatic carbocycles. The Morgan fingerprint density at radius 3 is 2.62 bits per heavy atom. The van der Waals surface area contributed by atoms with Crippen molar-refractivity contribution in [3.05, 3.63) is 71.3 Å². The minimum Gasteiger partial charge on any atom is -0.478 e. The van der Waals surface area contributed by atoms with E-state index in [4.69, 9.17) is 5.11 Å². The van der Waals surface area contributed by atoms with Gasteiger partial charge in [-0.25, -0.2) is 4.79 Å². The van der Waals surface area contributed by atoms with Crippen LogP contribution in [-0.4, -0.2) is 41.7 Å². The SMILES string of the molecule is O=C(O)c1ccc(CN2CC[C@H](CN[C@@H]3CC3c3ccccc3)C2)cc1. The molecule has 4 nitrogen and oxygen atoms in total. The molecule has 0 amide bonds. The van der Waals surface area contributed by atoms with E-state index in [2.05, 4.69) is 40.5 Å². The Hall–Kier alpha value is -2.17. The van der Waals surface area contributed by atoms with Crippen molar-refractivity contribution in [2.24, 2.45) is 5.92 Å². The molecule has 0 radical (unpaired) electrons. The van der Waals surface area contributed by atoms with E-state index in [0.29, 0.717) is 23.4 Å². The Bertz CT molecular complexity index is 744. The van der Waals surface area contributed by atoms with Crippen LogP contribution in [0.2, 0.25) is 0 Å². The monoisotopic (exact) mass is 350 g/mol. The van der Waals surface area contributed by atoms with E-state index in [1.54, 1.807) is 12.1 Å². The maximum Gasteiger partial charge on any atom is 0.335 e. The summed E-state index contributed by atoms with van der Waals surface area (Å²) in [7, 11) is 0. The molecule has 1 saturated heterocycles. The summed E-state index contributed by atoms with van der Waals surface area (Å²) < 4.78 is 0. The van der Waals surface area contributed by atoms with Crippen molar-refractivity contribution in [1.82, 2.24) is 10.2 Å². The average molecular weight is 350 g/mol. The second kappa shape index (κ2) is 7.60. The smallest absolute Gasteiger partial charge is 0.335 e. The molecule has 1 aliphatic heterocycles. The molecule has 1 unspecified atom stereocenters. The van der Waals surface area contributed by atoms with Gasteiger partial charge in [0.1, 0.15) is 0 Å². The summed E-state index contributed by atoms with van der Waals surface area (Å²) >= 11 is 0. The minimum atomic E-state index is -0.863. The van der Waals surface area contributed by atoms with Gasteiger partial charge >= 0.3 is 5.97 Å². The summed E-state index contributed by atoms with van der Waals surface area (Å²) in [5.41, 5.74) is 3.01. The summed E-state index contributed by atoms with van der Waals surface area (Å²) in [5, 5.41) is 12.7. The van der Waals surface area contributed by atoms with Gasteiger partial charge in [0.25, 0.3) is 0 Å². The number of aromatic carboxylic acids is 1. The summed E-state index contributed by atoms with van der Waals surface area (Å²) in [6, 6.07) is 18.7. The molecule has 1 heterocycles. The second-order valence-corrected chi connectivity index (χ2v) is 7.66. The Morgan fingerprint density at radius 2 is 1.88 bits per heavy atom. The molecule has 1 saturated carbocycles. The molecule has 2 fully saturated rings. The van der Waals surface area contributed by atoms with Crippen LogP contribution in [0.4, 0.5) is 0 Å². The fourth-order valence-electron chi connectivity index (χ4n) is 4.04. The van der Waals surface area contributed by atoms with Gasteiger partial charge in [0.05, 0.1) is 5.56 Å². The van der Waals surface area contributed by atoms with Crippen molar-refractivity contribution in [2.75, 3.05) is 19.6 Å². The van der Waals surface area contributed by atoms with Gasteiger partial charge in [0, 0.05) is 25.0 Å². The largest absolute Gasteiger partial charge is 0.478 e. The number of carboxylic acids is 1. The van der Waals surface area contributed by atoms with E-state index in [9.17, 15) is 4.79 Å². The van der Waals surface area contributed by atoms with Crippen LogP contribution in [-0.2, 0) is 6.54 Å². The molecular weight excluding hydrogens is 324 g/mol. The molecule has 2 aliphatic rings. The first-order chi connectivity index (χ1) is 12.7. The molecule has 136 valence electrons. The number of hydrogen-bond acceptors (Lipinski definition) is 3. The fraction of sp³-hybridized carbons (Fsp3) is 0.409. The molecule has 0 aromatic heterocycles. The first-order valence-electron chi connectivity index (χ1n) is 9.52. The van der Waals surface area contributed by atoms with Gasteiger partial charge in [-0.05, 0) is 55.1 Å². The number of nitrogens with zero attached hydrogens (tertiary/aromatic N) is 1. The van der Waals surface area contributed by atoms with Gasteiger partial charge in [-0.15, -0.1) is 0 Å². The van der Waals surface area contributed by atoms with Crippen LogP contribution >= 0.6 is 0 Å². The quantitative estimate of drug-likeness (QED) is 0.804. The maximum absolute atomic E-state index is 10.9. The molecule has 3 atom stereocenters. The van der Waals surface area contributed by atoms with Gasteiger partial charge in [-0.3, -0.25) is 4.90 Å². The van der Waals surface area contributed by atoms with Gasteiger partial charge in [0.2, 0.25) is 0 Å². The highest BCUT2D eigenvalue weighted by molar-refractivity contribution is 5.87. The first-order valence-corrected chi connectivity index (χ1v) is 9.52. The highest BCUT2D eigenvalue weighted by Gasteiger charge is 2.38. The predicted molar refractivity (Wildman–Crippen MR) is 102 cm³/mol. The zero-order valence-corrected chi connectivity index (χ0v) is 15.0. The lowest BCUT2D eigenvalue weighted by atomic mass is 10.1. The third-order valence-electron chi connectivity index (χ3n) is 5.66. The van der Waals surface area contributed by atoms with Gasteiger partial charge in [-0.2, -0.15) is 0 Å². The van der Waals surface area contributed by atoms with Crippen LogP contribution in [0, 0.1) is 5.92 Å². The predicted octanol–water partition coefficient (Wildman–Crippen LogP) is 3.35. The molecule has 4 rings (SSSR count). The van der Waals surface area contributed by atoms with Crippen LogP contribution in [0.5, 0.6) is 0 Å². The van der Waals surface area contributed by atoms with E-state index in [-0.39, 0.29) is 0 Å². The third kappa shape index (κ3) is 4.14. The normalized spacial score (nSPS) is 25.3.